The summed E-state index contributed by atoms with van der Waals surface area (Å²) in [6.07, 6.45) is 3.25. The molecule has 0 aliphatic heterocycles. The topological polar surface area (TPSA) is 114 Å². The number of aliphatic carboxylic acids is 1. The summed E-state index contributed by atoms with van der Waals surface area (Å²) in [5, 5.41) is 22.6. The molecule has 0 unspecified atom stereocenters. The molecule has 0 amide bonds. The van der Waals surface area contributed by atoms with Crippen molar-refractivity contribution in [2.24, 2.45) is 0 Å². The number of benzene rings is 1. The van der Waals surface area contributed by atoms with E-state index in [2.05, 4.69) is 15.1 Å². The molecule has 0 aliphatic carbocycles. The van der Waals surface area contributed by atoms with E-state index in [0.717, 1.165) is 0 Å². The van der Waals surface area contributed by atoms with Gasteiger partial charge in [-0.25, -0.2) is 9.97 Å². The van der Waals surface area contributed by atoms with Crippen LogP contribution in [0.5, 0.6) is 5.75 Å². The minimum atomic E-state index is -1.03. The van der Waals surface area contributed by atoms with Gasteiger partial charge in [0.1, 0.15) is 25.0 Å². The van der Waals surface area contributed by atoms with Crippen LogP contribution in [-0.4, -0.2) is 30.8 Å². The lowest BCUT2D eigenvalue weighted by Gasteiger charge is -2.05. The molecule has 0 radical (unpaired) electrons. The molecule has 0 saturated carbocycles. The first-order chi connectivity index (χ1) is 11.2. The molecule has 8 heteroatoms. The second kappa shape index (κ2) is 6.11. The highest BCUT2D eigenvalue weighted by molar-refractivity contribution is 5.86. The van der Waals surface area contributed by atoms with Crippen LogP contribution in [0.1, 0.15) is 11.5 Å². The number of carboxylic acids is 1. The van der Waals surface area contributed by atoms with Gasteiger partial charge in [0.2, 0.25) is 0 Å². The van der Waals surface area contributed by atoms with Crippen molar-refractivity contribution in [1.29, 1.82) is 5.26 Å². The fourth-order valence-electron chi connectivity index (χ4n) is 2.13. The number of hydrogen-bond acceptors (Lipinski definition) is 6. The highest BCUT2D eigenvalue weighted by Crippen LogP contribution is 2.24. The van der Waals surface area contributed by atoms with Gasteiger partial charge in [-0.1, -0.05) is 0 Å². The summed E-state index contributed by atoms with van der Waals surface area (Å²) < 4.78 is 6.88. The first-order valence-corrected chi connectivity index (χ1v) is 6.68. The number of ether oxygens (including phenoxy) is 1. The largest absolute Gasteiger partial charge is 0.486 e. The highest BCUT2D eigenvalue weighted by Gasteiger charge is 2.13. The van der Waals surface area contributed by atoms with Crippen LogP contribution in [0.2, 0.25) is 0 Å². The zero-order valence-corrected chi connectivity index (χ0v) is 11.9. The van der Waals surface area contributed by atoms with E-state index >= 15 is 0 Å². The summed E-state index contributed by atoms with van der Waals surface area (Å²) in [4.78, 5) is 19.0. The van der Waals surface area contributed by atoms with Gasteiger partial charge in [-0.05, 0) is 24.3 Å². The Bertz CT molecular complexity index is 899. The average molecular weight is 309 g/mol. The quantitative estimate of drug-likeness (QED) is 0.756. The molecule has 114 valence electrons. The maximum Gasteiger partial charge on any atom is 0.325 e. The molecule has 0 aliphatic rings. The molecule has 8 nitrogen and oxygen atoms in total. The molecule has 0 fully saturated rings. The molecule has 0 bridgehead atoms. The van der Waals surface area contributed by atoms with Gasteiger partial charge in [0.05, 0.1) is 5.52 Å². The zero-order chi connectivity index (χ0) is 16.2. The van der Waals surface area contributed by atoms with Gasteiger partial charge >= 0.3 is 5.97 Å². The minimum Gasteiger partial charge on any atom is -0.486 e. The predicted octanol–water partition coefficient (Wildman–Crippen LogP) is 1.36. The van der Waals surface area contributed by atoms with E-state index < -0.39 is 5.97 Å². The molecule has 1 N–H and O–H groups in total. The normalized spacial score (nSPS) is 10.4. The number of rotatable bonds is 5. The van der Waals surface area contributed by atoms with Crippen LogP contribution in [0.4, 0.5) is 0 Å². The summed E-state index contributed by atoms with van der Waals surface area (Å²) in [5.74, 6) is 0.0337. The number of carbonyl (C=O) groups is 1. The molecular formula is C15H11N5O3. The third-order valence-electron chi connectivity index (χ3n) is 3.10. The Morgan fingerprint density at radius 2 is 2.13 bits per heavy atom. The van der Waals surface area contributed by atoms with Crippen molar-refractivity contribution < 1.29 is 14.6 Å². The van der Waals surface area contributed by atoms with E-state index in [1.807, 2.05) is 6.07 Å². The molecule has 23 heavy (non-hydrogen) atoms. The van der Waals surface area contributed by atoms with E-state index in [4.69, 9.17) is 15.1 Å². The Kier molecular flexibility index (Phi) is 3.84. The van der Waals surface area contributed by atoms with E-state index in [-0.39, 0.29) is 18.8 Å². The highest BCUT2D eigenvalue weighted by atomic mass is 16.5. The number of fused-ring (bicyclic) bond motifs is 1. The number of nitriles is 1. The van der Waals surface area contributed by atoms with Crippen molar-refractivity contribution >= 4 is 16.9 Å². The molecule has 2 heterocycles. The lowest BCUT2D eigenvalue weighted by atomic mass is 10.2. The second-order valence-electron chi connectivity index (χ2n) is 4.64. The maximum absolute atomic E-state index is 10.9. The Balaban J connectivity index is 1.89. The monoisotopic (exact) mass is 309 g/mol. The molecule has 0 atom stereocenters. The first-order valence-electron chi connectivity index (χ1n) is 6.68. The van der Waals surface area contributed by atoms with E-state index in [9.17, 15) is 4.79 Å². The van der Waals surface area contributed by atoms with Crippen LogP contribution >= 0.6 is 0 Å². The molecule has 3 rings (SSSR count). The third-order valence-corrected chi connectivity index (χ3v) is 3.10. The van der Waals surface area contributed by atoms with Crippen LogP contribution in [0.15, 0.2) is 36.7 Å². The number of aromatic nitrogens is 4. The summed E-state index contributed by atoms with van der Waals surface area (Å²) in [5.41, 5.74) is 0.718. The first kappa shape index (κ1) is 14.5. The number of nitrogens with zero attached hydrogens (tertiary/aromatic N) is 5. The molecule has 1 aromatic carbocycles. The number of carboxylic acid groups (broad SMARTS) is 1. The van der Waals surface area contributed by atoms with Gasteiger partial charge in [-0.15, -0.1) is 0 Å². The van der Waals surface area contributed by atoms with E-state index in [1.54, 1.807) is 36.7 Å². The van der Waals surface area contributed by atoms with Crippen molar-refractivity contribution in [3.8, 4) is 11.8 Å². The molecule has 3 aromatic rings. The van der Waals surface area contributed by atoms with Crippen LogP contribution in [0.3, 0.4) is 0 Å². The van der Waals surface area contributed by atoms with Gasteiger partial charge < -0.3 is 9.84 Å². The van der Waals surface area contributed by atoms with Gasteiger partial charge in [0, 0.05) is 17.8 Å². The van der Waals surface area contributed by atoms with Gasteiger partial charge in [0.25, 0.3) is 0 Å². The standard InChI is InChI=1S/C15H11N5O3/c16-7-12-11-6-10(23-9-14-17-4-1-5-18-14)2-3-13(11)20(19-12)8-15(21)22/h1-6H,8-9H2,(H,21,22). The SMILES string of the molecule is N#Cc1nn(CC(=O)O)c2ccc(OCc3ncccn3)cc12. The van der Waals surface area contributed by atoms with Gasteiger partial charge in [0.15, 0.2) is 11.5 Å². The van der Waals surface area contributed by atoms with Crippen molar-refractivity contribution in [2.45, 2.75) is 13.2 Å². The van der Waals surface area contributed by atoms with Crippen molar-refractivity contribution in [1.82, 2.24) is 19.7 Å². The van der Waals surface area contributed by atoms with Gasteiger partial charge in [-0.2, -0.15) is 10.4 Å². The molecule has 0 spiro atoms. The van der Waals surface area contributed by atoms with E-state index in [0.29, 0.717) is 22.5 Å². The Morgan fingerprint density at radius 1 is 1.35 bits per heavy atom. The van der Waals surface area contributed by atoms with Gasteiger partial charge in [-0.3, -0.25) is 9.48 Å². The van der Waals surface area contributed by atoms with Crippen LogP contribution < -0.4 is 4.74 Å². The second-order valence-corrected chi connectivity index (χ2v) is 4.64. The van der Waals surface area contributed by atoms with Crippen LogP contribution in [0.25, 0.3) is 10.9 Å². The lowest BCUT2D eigenvalue weighted by Crippen LogP contribution is -2.09. The van der Waals surface area contributed by atoms with Crippen molar-refractivity contribution in [2.75, 3.05) is 0 Å². The fraction of sp³-hybridized carbons (Fsp3) is 0.133. The summed E-state index contributed by atoms with van der Waals surface area (Å²) in [6, 6.07) is 8.69. The third kappa shape index (κ3) is 3.08. The summed E-state index contributed by atoms with van der Waals surface area (Å²) >= 11 is 0. The zero-order valence-electron chi connectivity index (χ0n) is 11.9. The fourth-order valence-corrected chi connectivity index (χ4v) is 2.13. The van der Waals surface area contributed by atoms with E-state index in [1.165, 1.54) is 4.68 Å². The lowest BCUT2D eigenvalue weighted by molar-refractivity contribution is -0.137. The smallest absolute Gasteiger partial charge is 0.325 e. The number of hydrogen-bond donors (Lipinski definition) is 1. The van der Waals surface area contributed by atoms with Crippen LogP contribution in [-0.2, 0) is 17.9 Å². The Hall–Kier alpha value is -3.47. The van der Waals surface area contributed by atoms with Crippen LogP contribution in [0, 0.1) is 11.3 Å². The molecular weight excluding hydrogens is 298 g/mol. The average Bonchev–Trinajstić information content (AvgIpc) is 2.90. The maximum atomic E-state index is 10.9. The summed E-state index contributed by atoms with van der Waals surface area (Å²) in [6.45, 7) is -0.117. The summed E-state index contributed by atoms with van der Waals surface area (Å²) in [7, 11) is 0. The molecule has 2 aromatic heterocycles. The van der Waals surface area contributed by atoms with Crippen molar-refractivity contribution in [3.63, 3.8) is 0 Å². The van der Waals surface area contributed by atoms with Crippen molar-refractivity contribution in [3.05, 3.63) is 48.2 Å². The Morgan fingerprint density at radius 3 is 2.83 bits per heavy atom. The predicted molar refractivity (Wildman–Crippen MR) is 78.4 cm³/mol. The Labute approximate surface area is 130 Å². The molecule has 0 saturated heterocycles. The minimum absolute atomic E-state index is 0.155.